The number of hydrogen-bond acceptors (Lipinski definition) is 4. The monoisotopic (exact) mass is 278 g/mol. The molecule has 0 radical (unpaired) electrons. The number of ether oxygens (including phenoxy) is 2. The average Bonchev–Trinajstić information content (AvgIpc) is 2.37. The molecule has 0 spiro atoms. The second-order valence-electron chi connectivity index (χ2n) is 5.13. The van der Waals surface area contributed by atoms with Crippen LogP contribution in [0, 0.1) is 0 Å². The Morgan fingerprint density at radius 2 is 1.80 bits per heavy atom. The molecule has 1 rings (SSSR count). The number of carbonyl (C=O) groups excluding carboxylic acids is 2. The van der Waals surface area contributed by atoms with Crippen molar-refractivity contribution in [3.8, 4) is 5.75 Å². The Kier molecular flexibility index (Phi) is 5.74. The number of ketones is 1. The third-order valence-corrected chi connectivity index (χ3v) is 2.74. The lowest BCUT2D eigenvalue weighted by atomic mass is 9.98. The smallest absolute Gasteiger partial charge is 0.379 e. The van der Waals surface area contributed by atoms with Crippen molar-refractivity contribution in [3.63, 3.8) is 0 Å². The van der Waals surface area contributed by atoms with Gasteiger partial charge in [-0.15, -0.1) is 0 Å². The Labute approximate surface area is 120 Å². The molecule has 0 aliphatic rings. The second kappa shape index (κ2) is 7.08. The summed E-state index contributed by atoms with van der Waals surface area (Å²) in [6.45, 7) is 9.63. The van der Waals surface area contributed by atoms with Gasteiger partial charge in [-0.2, -0.15) is 0 Å². The molecule has 4 heteroatoms. The zero-order chi connectivity index (χ0) is 15.3. The highest BCUT2D eigenvalue weighted by atomic mass is 16.5. The first-order valence-electron chi connectivity index (χ1n) is 6.88. The molecule has 0 bridgehead atoms. The molecule has 0 atom stereocenters. The quantitative estimate of drug-likeness (QED) is 0.455. The van der Waals surface area contributed by atoms with Gasteiger partial charge in [0, 0.05) is 0 Å². The van der Waals surface area contributed by atoms with Crippen LogP contribution in [-0.4, -0.2) is 24.5 Å². The predicted molar refractivity (Wildman–Crippen MR) is 77.3 cm³/mol. The molecule has 0 aromatic heterocycles. The maximum Gasteiger partial charge on any atom is 0.379 e. The third-order valence-electron chi connectivity index (χ3n) is 2.74. The molecule has 4 nitrogen and oxygen atoms in total. The largest absolute Gasteiger partial charge is 0.490 e. The van der Waals surface area contributed by atoms with E-state index in [0.717, 1.165) is 5.56 Å². The number of rotatable bonds is 6. The first kappa shape index (κ1) is 16.2. The van der Waals surface area contributed by atoms with Gasteiger partial charge in [0.2, 0.25) is 0 Å². The van der Waals surface area contributed by atoms with Gasteiger partial charge in [-0.1, -0.05) is 19.9 Å². The normalized spacial score (nSPS) is 10.8. The zero-order valence-electron chi connectivity index (χ0n) is 12.7. The SMILES string of the molecule is CCOC(=O)C(=O)c1cc(C(C)C)ccc1OC(C)C. The van der Waals surface area contributed by atoms with E-state index in [9.17, 15) is 9.59 Å². The fraction of sp³-hybridized carbons (Fsp3) is 0.500. The highest BCUT2D eigenvalue weighted by Crippen LogP contribution is 2.26. The van der Waals surface area contributed by atoms with E-state index in [1.807, 2.05) is 33.8 Å². The molecular formula is C16H22O4. The summed E-state index contributed by atoms with van der Waals surface area (Å²) < 4.78 is 10.4. The highest BCUT2D eigenvalue weighted by molar-refractivity contribution is 6.41. The summed E-state index contributed by atoms with van der Waals surface area (Å²) in [5, 5.41) is 0. The summed E-state index contributed by atoms with van der Waals surface area (Å²) in [5.41, 5.74) is 1.25. The van der Waals surface area contributed by atoms with Crippen molar-refractivity contribution in [2.45, 2.75) is 46.6 Å². The molecule has 0 unspecified atom stereocenters. The number of hydrogen-bond donors (Lipinski definition) is 0. The fourth-order valence-corrected chi connectivity index (χ4v) is 1.75. The molecule has 1 aromatic carbocycles. The van der Waals surface area contributed by atoms with Crippen molar-refractivity contribution in [1.82, 2.24) is 0 Å². The predicted octanol–water partition coefficient (Wildman–Crippen LogP) is 3.34. The highest BCUT2D eigenvalue weighted by Gasteiger charge is 2.23. The summed E-state index contributed by atoms with van der Waals surface area (Å²) in [6, 6.07) is 5.35. The molecule has 0 saturated heterocycles. The van der Waals surface area contributed by atoms with Crippen LogP contribution in [0.1, 0.15) is 56.5 Å². The van der Waals surface area contributed by atoms with E-state index in [2.05, 4.69) is 0 Å². The van der Waals surface area contributed by atoms with Crippen LogP contribution in [-0.2, 0) is 9.53 Å². The maximum atomic E-state index is 12.2. The lowest BCUT2D eigenvalue weighted by Gasteiger charge is -2.15. The van der Waals surface area contributed by atoms with Gasteiger partial charge >= 0.3 is 5.97 Å². The van der Waals surface area contributed by atoms with Crippen molar-refractivity contribution >= 4 is 11.8 Å². The van der Waals surface area contributed by atoms with Gasteiger partial charge in [0.15, 0.2) is 0 Å². The summed E-state index contributed by atoms with van der Waals surface area (Å²) >= 11 is 0. The van der Waals surface area contributed by atoms with Crippen molar-refractivity contribution in [2.75, 3.05) is 6.61 Å². The van der Waals surface area contributed by atoms with Crippen LogP contribution >= 0.6 is 0 Å². The van der Waals surface area contributed by atoms with Gasteiger partial charge in [0.1, 0.15) is 5.75 Å². The van der Waals surface area contributed by atoms with Crippen molar-refractivity contribution in [1.29, 1.82) is 0 Å². The molecule has 0 fully saturated rings. The van der Waals surface area contributed by atoms with Crippen LogP contribution < -0.4 is 4.74 Å². The van der Waals surface area contributed by atoms with Crippen molar-refractivity contribution < 1.29 is 19.1 Å². The van der Waals surface area contributed by atoms with E-state index in [1.54, 1.807) is 19.1 Å². The molecule has 0 amide bonds. The lowest BCUT2D eigenvalue weighted by molar-refractivity contribution is -0.137. The zero-order valence-corrected chi connectivity index (χ0v) is 12.7. The molecule has 110 valence electrons. The van der Waals surface area contributed by atoms with Crippen LogP contribution in [0.15, 0.2) is 18.2 Å². The van der Waals surface area contributed by atoms with Crippen molar-refractivity contribution in [3.05, 3.63) is 29.3 Å². The number of benzene rings is 1. The molecule has 0 aliphatic heterocycles. The van der Waals surface area contributed by atoms with Crippen LogP contribution in [0.2, 0.25) is 0 Å². The summed E-state index contributed by atoms with van der Waals surface area (Å²) in [7, 11) is 0. The van der Waals surface area contributed by atoms with E-state index in [1.165, 1.54) is 0 Å². The first-order valence-corrected chi connectivity index (χ1v) is 6.88. The first-order chi connectivity index (χ1) is 9.36. The summed E-state index contributed by atoms with van der Waals surface area (Å²) in [4.78, 5) is 23.8. The lowest BCUT2D eigenvalue weighted by Crippen LogP contribution is -2.20. The minimum Gasteiger partial charge on any atom is -0.490 e. The Hall–Kier alpha value is -1.84. The second-order valence-corrected chi connectivity index (χ2v) is 5.13. The van der Waals surface area contributed by atoms with Crippen molar-refractivity contribution in [2.24, 2.45) is 0 Å². The number of Topliss-reactive ketones (excluding diaryl/α,β-unsaturated/α-hetero) is 1. The van der Waals surface area contributed by atoms with E-state index < -0.39 is 11.8 Å². The standard InChI is InChI=1S/C16H22O4/c1-6-19-16(18)15(17)13-9-12(10(2)3)7-8-14(13)20-11(4)5/h7-11H,6H2,1-5H3. The fourth-order valence-electron chi connectivity index (χ4n) is 1.75. The van der Waals surface area contributed by atoms with E-state index >= 15 is 0 Å². The van der Waals surface area contributed by atoms with Gasteiger partial charge in [0.05, 0.1) is 18.3 Å². The maximum absolute atomic E-state index is 12.2. The van der Waals surface area contributed by atoms with Gasteiger partial charge in [0.25, 0.3) is 5.78 Å². The molecule has 0 aliphatic carbocycles. The van der Waals surface area contributed by atoms with E-state index in [0.29, 0.717) is 5.75 Å². The average molecular weight is 278 g/mol. The van der Waals surface area contributed by atoms with Crippen LogP contribution in [0.25, 0.3) is 0 Å². The molecule has 0 N–H and O–H groups in total. The van der Waals surface area contributed by atoms with Gasteiger partial charge in [-0.05, 0) is 44.4 Å². The Bertz CT molecular complexity index is 489. The Balaban J connectivity index is 3.20. The van der Waals surface area contributed by atoms with Crippen LogP contribution in [0.5, 0.6) is 5.75 Å². The van der Waals surface area contributed by atoms with Crippen LogP contribution in [0.3, 0.4) is 0 Å². The Morgan fingerprint density at radius 3 is 2.30 bits per heavy atom. The van der Waals surface area contributed by atoms with E-state index in [4.69, 9.17) is 9.47 Å². The summed E-state index contributed by atoms with van der Waals surface area (Å²) in [6.07, 6.45) is -0.0753. The van der Waals surface area contributed by atoms with Gasteiger partial charge in [-0.25, -0.2) is 4.79 Å². The Morgan fingerprint density at radius 1 is 1.15 bits per heavy atom. The minimum absolute atomic E-state index is 0.0753. The molecule has 20 heavy (non-hydrogen) atoms. The number of carbonyl (C=O) groups is 2. The molecular weight excluding hydrogens is 256 g/mol. The third kappa shape index (κ3) is 4.08. The summed E-state index contributed by atoms with van der Waals surface area (Å²) in [5.74, 6) is -0.827. The number of esters is 1. The molecule has 1 aromatic rings. The van der Waals surface area contributed by atoms with Gasteiger partial charge in [-0.3, -0.25) is 4.79 Å². The molecule has 0 heterocycles. The van der Waals surface area contributed by atoms with Crippen LogP contribution in [0.4, 0.5) is 0 Å². The topological polar surface area (TPSA) is 52.6 Å². The molecule has 0 saturated carbocycles. The van der Waals surface area contributed by atoms with E-state index in [-0.39, 0.29) is 24.2 Å². The minimum atomic E-state index is -0.845. The van der Waals surface area contributed by atoms with Gasteiger partial charge < -0.3 is 9.47 Å².